The van der Waals surface area contributed by atoms with Crippen LogP contribution in [-0.4, -0.2) is 45.2 Å². The molecule has 3 nitrogen and oxygen atoms in total. The first-order valence-corrected chi connectivity index (χ1v) is 8.37. The van der Waals surface area contributed by atoms with Gasteiger partial charge in [-0.2, -0.15) is 0 Å². The molecule has 0 radical (unpaired) electrons. The van der Waals surface area contributed by atoms with E-state index in [1.54, 1.807) is 0 Å². The van der Waals surface area contributed by atoms with E-state index >= 15 is 0 Å². The van der Waals surface area contributed by atoms with E-state index in [1.807, 2.05) is 6.07 Å². The highest BCUT2D eigenvalue weighted by atomic mass is 35.5. The van der Waals surface area contributed by atoms with Gasteiger partial charge in [0.15, 0.2) is 0 Å². The maximum Gasteiger partial charge on any atom is 0.0471 e. The summed E-state index contributed by atoms with van der Waals surface area (Å²) in [5, 5.41) is 4.28. The summed E-state index contributed by atoms with van der Waals surface area (Å²) in [5.74, 6) is 0.827. The first-order chi connectivity index (χ1) is 10.1. The molecule has 0 bridgehead atoms. The molecule has 1 heterocycles. The largest absolute Gasteiger partial charge is 0.371 e. The van der Waals surface area contributed by atoms with Gasteiger partial charge in [-0.15, -0.1) is 0 Å². The molecule has 118 valence electrons. The Morgan fingerprint density at radius 2 is 2.00 bits per heavy atom. The van der Waals surface area contributed by atoms with E-state index in [9.17, 15) is 0 Å². The van der Waals surface area contributed by atoms with E-state index in [0.29, 0.717) is 0 Å². The van der Waals surface area contributed by atoms with Crippen molar-refractivity contribution in [1.82, 2.24) is 10.2 Å². The molecule has 0 spiro atoms. The van der Waals surface area contributed by atoms with Crippen LogP contribution in [0, 0.1) is 5.92 Å². The van der Waals surface area contributed by atoms with Gasteiger partial charge in [0.25, 0.3) is 0 Å². The van der Waals surface area contributed by atoms with Crippen molar-refractivity contribution in [3.05, 3.63) is 28.8 Å². The van der Waals surface area contributed by atoms with E-state index in [2.05, 4.69) is 48.3 Å². The summed E-state index contributed by atoms with van der Waals surface area (Å²) in [6.45, 7) is 7.42. The summed E-state index contributed by atoms with van der Waals surface area (Å²) in [5.41, 5.74) is 2.55. The topological polar surface area (TPSA) is 18.5 Å². The zero-order chi connectivity index (χ0) is 15.2. The highest BCUT2D eigenvalue weighted by molar-refractivity contribution is 6.31. The molecule has 0 amide bonds. The zero-order valence-corrected chi connectivity index (χ0v) is 14.3. The molecule has 0 aliphatic carbocycles. The van der Waals surface area contributed by atoms with Crippen LogP contribution in [0.5, 0.6) is 0 Å². The fourth-order valence-corrected chi connectivity index (χ4v) is 3.38. The lowest BCUT2D eigenvalue weighted by Gasteiger charge is -2.36. The van der Waals surface area contributed by atoms with Gasteiger partial charge in [-0.3, -0.25) is 0 Å². The van der Waals surface area contributed by atoms with Gasteiger partial charge in [-0.25, -0.2) is 0 Å². The number of anilines is 1. The second-order valence-electron chi connectivity index (χ2n) is 6.21. The SMILES string of the molecule is CCNCc1c(Cl)cccc1N1CCC(CN(C)C)CC1. The minimum Gasteiger partial charge on any atom is -0.371 e. The summed E-state index contributed by atoms with van der Waals surface area (Å²) in [6, 6.07) is 6.28. The second kappa shape index (κ2) is 8.02. The van der Waals surface area contributed by atoms with Crippen LogP contribution in [-0.2, 0) is 6.54 Å². The second-order valence-corrected chi connectivity index (χ2v) is 6.62. The van der Waals surface area contributed by atoms with E-state index in [0.717, 1.165) is 37.1 Å². The van der Waals surface area contributed by atoms with Crippen molar-refractivity contribution in [3.8, 4) is 0 Å². The number of piperidine rings is 1. The van der Waals surface area contributed by atoms with Gasteiger partial charge in [0.1, 0.15) is 0 Å². The number of halogens is 1. The molecule has 0 saturated carbocycles. The van der Waals surface area contributed by atoms with Crippen LogP contribution in [0.3, 0.4) is 0 Å². The molecule has 1 aromatic rings. The van der Waals surface area contributed by atoms with Gasteiger partial charge in [-0.05, 0) is 51.5 Å². The summed E-state index contributed by atoms with van der Waals surface area (Å²) in [4.78, 5) is 4.81. The van der Waals surface area contributed by atoms with Crippen molar-refractivity contribution >= 4 is 17.3 Å². The van der Waals surface area contributed by atoms with Crippen molar-refractivity contribution in [2.24, 2.45) is 5.92 Å². The highest BCUT2D eigenvalue weighted by Crippen LogP contribution is 2.30. The monoisotopic (exact) mass is 309 g/mol. The Labute approximate surface area is 134 Å². The molecule has 1 N–H and O–H groups in total. The predicted molar refractivity (Wildman–Crippen MR) is 92.3 cm³/mol. The van der Waals surface area contributed by atoms with Gasteiger partial charge in [0, 0.05) is 42.5 Å². The maximum atomic E-state index is 6.41. The zero-order valence-electron chi connectivity index (χ0n) is 13.5. The molecular weight excluding hydrogens is 282 g/mol. The molecule has 0 aromatic heterocycles. The molecule has 1 aliphatic heterocycles. The quantitative estimate of drug-likeness (QED) is 0.870. The third-order valence-corrected chi connectivity index (χ3v) is 4.58. The lowest BCUT2D eigenvalue weighted by atomic mass is 9.95. The Bertz CT molecular complexity index is 440. The van der Waals surface area contributed by atoms with Crippen molar-refractivity contribution in [2.75, 3.05) is 45.2 Å². The van der Waals surface area contributed by atoms with Crippen LogP contribution in [0.4, 0.5) is 5.69 Å². The van der Waals surface area contributed by atoms with Crippen LogP contribution in [0.15, 0.2) is 18.2 Å². The Hall–Kier alpha value is -0.770. The number of nitrogens with one attached hydrogen (secondary N) is 1. The van der Waals surface area contributed by atoms with Crippen molar-refractivity contribution in [3.63, 3.8) is 0 Å². The summed E-state index contributed by atoms with van der Waals surface area (Å²) >= 11 is 6.41. The Morgan fingerprint density at radius 3 is 2.62 bits per heavy atom. The lowest BCUT2D eigenvalue weighted by molar-refractivity contribution is 0.285. The highest BCUT2D eigenvalue weighted by Gasteiger charge is 2.22. The fourth-order valence-electron chi connectivity index (χ4n) is 3.14. The number of nitrogens with zero attached hydrogens (tertiary/aromatic N) is 2. The van der Waals surface area contributed by atoms with Gasteiger partial charge in [0.05, 0.1) is 0 Å². The molecule has 1 saturated heterocycles. The van der Waals surface area contributed by atoms with E-state index in [4.69, 9.17) is 11.6 Å². The normalized spacial score (nSPS) is 16.7. The number of hydrogen-bond donors (Lipinski definition) is 1. The molecule has 1 fully saturated rings. The Morgan fingerprint density at radius 1 is 1.29 bits per heavy atom. The maximum absolute atomic E-state index is 6.41. The number of benzene rings is 1. The number of hydrogen-bond acceptors (Lipinski definition) is 3. The minimum absolute atomic E-state index is 0.827. The smallest absolute Gasteiger partial charge is 0.0471 e. The minimum atomic E-state index is 0.827. The first-order valence-electron chi connectivity index (χ1n) is 7.99. The van der Waals surface area contributed by atoms with Crippen LogP contribution in [0.25, 0.3) is 0 Å². The molecule has 0 atom stereocenters. The van der Waals surface area contributed by atoms with E-state index < -0.39 is 0 Å². The van der Waals surface area contributed by atoms with Crippen LogP contribution >= 0.6 is 11.6 Å². The number of rotatable bonds is 6. The summed E-state index contributed by atoms with van der Waals surface area (Å²) < 4.78 is 0. The van der Waals surface area contributed by atoms with E-state index in [1.165, 1.54) is 30.6 Å². The summed E-state index contributed by atoms with van der Waals surface area (Å²) in [7, 11) is 4.33. The third kappa shape index (κ3) is 4.60. The van der Waals surface area contributed by atoms with Crippen molar-refractivity contribution in [1.29, 1.82) is 0 Å². The first kappa shape index (κ1) is 16.6. The van der Waals surface area contributed by atoms with Crippen LogP contribution < -0.4 is 10.2 Å². The Balaban J connectivity index is 2.04. The lowest BCUT2D eigenvalue weighted by Crippen LogP contribution is -2.37. The molecule has 21 heavy (non-hydrogen) atoms. The fraction of sp³-hybridized carbons (Fsp3) is 0.647. The van der Waals surface area contributed by atoms with Gasteiger partial charge in [-0.1, -0.05) is 24.6 Å². The van der Waals surface area contributed by atoms with E-state index in [-0.39, 0.29) is 0 Å². The average Bonchev–Trinajstić information content (AvgIpc) is 2.46. The van der Waals surface area contributed by atoms with Gasteiger partial charge < -0.3 is 15.1 Å². The van der Waals surface area contributed by atoms with Crippen molar-refractivity contribution in [2.45, 2.75) is 26.3 Å². The van der Waals surface area contributed by atoms with Crippen LogP contribution in [0.2, 0.25) is 5.02 Å². The predicted octanol–water partition coefficient (Wildman–Crippen LogP) is 3.23. The molecule has 4 heteroatoms. The van der Waals surface area contributed by atoms with Crippen LogP contribution in [0.1, 0.15) is 25.3 Å². The standard InChI is InChI=1S/C17H28ClN3/c1-4-19-12-15-16(18)6-5-7-17(15)21-10-8-14(9-11-21)13-20(2)3/h5-7,14,19H,4,8-13H2,1-3H3. The van der Waals surface area contributed by atoms with Gasteiger partial charge >= 0.3 is 0 Å². The molecule has 1 aromatic carbocycles. The molecule has 2 rings (SSSR count). The van der Waals surface area contributed by atoms with Gasteiger partial charge in [0.2, 0.25) is 0 Å². The third-order valence-electron chi connectivity index (χ3n) is 4.22. The molecular formula is C17H28ClN3. The molecule has 1 aliphatic rings. The Kier molecular flexibility index (Phi) is 6.34. The molecule has 0 unspecified atom stereocenters. The van der Waals surface area contributed by atoms with Crippen molar-refractivity contribution < 1.29 is 0 Å². The average molecular weight is 310 g/mol. The summed E-state index contributed by atoms with van der Waals surface area (Å²) in [6.07, 6.45) is 2.54.